The Morgan fingerprint density at radius 1 is 1.19 bits per heavy atom. The lowest BCUT2D eigenvalue weighted by Gasteiger charge is -2.41. The van der Waals surface area contributed by atoms with Crippen LogP contribution in [0.5, 0.6) is 0 Å². The van der Waals surface area contributed by atoms with Gasteiger partial charge in [0.25, 0.3) is 0 Å². The molecule has 1 N–H and O–H groups in total. The Morgan fingerprint density at radius 3 is 2.81 bits per heavy atom. The number of ether oxygens (including phenoxy) is 2. The van der Waals surface area contributed by atoms with E-state index in [-0.39, 0.29) is 0 Å². The van der Waals surface area contributed by atoms with Gasteiger partial charge in [-0.3, -0.25) is 9.80 Å². The van der Waals surface area contributed by atoms with E-state index in [1.54, 1.807) is 0 Å². The minimum atomic E-state index is 0.350. The standard InChI is InChI=1S/C16H31N3O2/c1-13(2)18-6-8-21-16(10-18)11-19-5-7-20-12-15(19)9-17-14-3-4-14/h13-17H,3-12H2,1-2H3. The zero-order valence-electron chi connectivity index (χ0n) is 13.6. The number of nitrogens with zero attached hydrogens (tertiary/aromatic N) is 2. The predicted molar refractivity (Wildman–Crippen MR) is 83.7 cm³/mol. The van der Waals surface area contributed by atoms with Gasteiger partial charge in [0.05, 0.1) is 25.9 Å². The second kappa shape index (κ2) is 7.38. The van der Waals surface area contributed by atoms with Gasteiger partial charge in [0.1, 0.15) is 0 Å². The third-order valence-corrected chi connectivity index (χ3v) is 4.91. The molecule has 0 aromatic rings. The first-order chi connectivity index (χ1) is 10.2. The van der Waals surface area contributed by atoms with E-state index in [2.05, 4.69) is 29.0 Å². The van der Waals surface area contributed by atoms with E-state index >= 15 is 0 Å². The first-order valence-electron chi connectivity index (χ1n) is 8.63. The Hall–Kier alpha value is -0.200. The summed E-state index contributed by atoms with van der Waals surface area (Å²) in [5, 5.41) is 3.65. The normalized spacial score (nSPS) is 32.7. The second-order valence-corrected chi connectivity index (χ2v) is 6.99. The Kier molecular flexibility index (Phi) is 5.51. The van der Waals surface area contributed by atoms with Crippen molar-refractivity contribution in [3.05, 3.63) is 0 Å². The minimum absolute atomic E-state index is 0.350. The second-order valence-electron chi connectivity index (χ2n) is 6.99. The summed E-state index contributed by atoms with van der Waals surface area (Å²) in [7, 11) is 0. The molecule has 2 atom stereocenters. The van der Waals surface area contributed by atoms with Crippen LogP contribution in [0.2, 0.25) is 0 Å². The minimum Gasteiger partial charge on any atom is -0.378 e. The smallest absolute Gasteiger partial charge is 0.0829 e. The molecule has 3 rings (SSSR count). The summed E-state index contributed by atoms with van der Waals surface area (Å²) >= 11 is 0. The van der Waals surface area contributed by atoms with Gasteiger partial charge in [-0.2, -0.15) is 0 Å². The van der Waals surface area contributed by atoms with Gasteiger partial charge < -0.3 is 14.8 Å². The number of rotatable bonds is 6. The van der Waals surface area contributed by atoms with Crippen LogP contribution in [-0.2, 0) is 9.47 Å². The first-order valence-corrected chi connectivity index (χ1v) is 8.63. The zero-order valence-corrected chi connectivity index (χ0v) is 13.6. The van der Waals surface area contributed by atoms with Crippen LogP contribution >= 0.6 is 0 Å². The highest BCUT2D eigenvalue weighted by Gasteiger charge is 2.30. The molecule has 2 heterocycles. The number of hydrogen-bond donors (Lipinski definition) is 1. The fourth-order valence-corrected chi connectivity index (χ4v) is 3.29. The first kappa shape index (κ1) is 15.7. The molecule has 0 radical (unpaired) electrons. The molecule has 0 aromatic heterocycles. The van der Waals surface area contributed by atoms with Crippen molar-refractivity contribution in [2.75, 3.05) is 52.5 Å². The van der Waals surface area contributed by atoms with Crippen LogP contribution in [0, 0.1) is 0 Å². The molecule has 122 valence electrons. The van der Waals surface area contributed by atoms with Crippen molar-refractivity contribution in [3.63, 3.8) is 0 Å². The quantitative estimate of drug-likeness (QED) is 0.775. The maximum Gasteiger partial charge on any atom is 0.0829 e. The summed E-state index contributed by atoms with van der Waals surface area (Å²) in [5.41, 5.74) is 0. The highest BCUT2D eigenvalue weighted by Crippen LogP contribution is 2.19. The Bertz CT molecular complexity index is 323. The number of hydrogen-bond acceptors (Lipinski definition) is 5. The van der Waals surface area contributed by atoms with Crippen molar-refractivity contribution >= 4 is 0 Å². The lowest BCUT2D eigenvalue weighted by molar-refractivity contribution is -0.0776. The van der Waals surface area contributed by atoms with E-state index in [1.165, 1.54) is 12.8 Å². The summed E-state index contributed by atoms with van der Waals surface area (Å²) in [6, 6.07) is 1.90. The van der Waals surface area contributed by atoms with E-state index in [9.17, 15) is 0 Å². The van der Waals surface area contributed by atoms with E-state index < -0.39 is 0 Å². The van der Waals surface area contributed by atoms with Gasteiger partial charge in [-0.25, -0.2) is 0 Å². The van der Waals surface area contributed by atoms with Crippen molar-refractivity contribution < 1.29 is 9.47 Å². The van der Waals surface area contributed by atoms with Crippen LogP contribution < -0.4 is 5.32 Å². The van der Waals surface area contributed by atoms with Gasteiger partial charge in [-0.15, -0.1) is 0 Å². The molecule has 0 aromatic carbocycles. The predicted octanol–water partition coefficient (Wildman–Crippen LogP) is 0.548. The van der Waals surface area contributed by atoms with Crippen LogP contribution in [0.1, 0.15) is 26.7 Å². The van der Waals surface area contributed by atoms with Crippen molar-refractivity contribution in [1.82, 2.24) is 15.1 Å². The highest BCUT2D eigenvalue weighted by atomic mass is 16.5. The number of morpholine rings is 2. The molecule has 0 spiro atoms. The van der Waals surface area contributed by atoms with Gasteiger partial charge in [0.2, 0.25) is 0 Å². The zero-order chi connectivity index (χ0) is 14.7. The van der Waals surface area contributed by atoms with E-state index in [0.717, 1.165) is 58.6 Å². The largest absolute Gasteiger partial charge is 0.378 e. The topological polar surface area (TPSA) is 37.0 Å². The maximum atomic E-state index is 6.00. The summed E-state index contributed by atoms with van der Waals surface area (Å²) in [5.74, 6) is 0. The van der Waals surface area contributed by atoms with Crippen LogP contribution in [0.15, 0.2) is 0 Å². The lowest BCUT2D eigenvalue weighted by atomic mass is 10.1. The molecular weight excluding hydrogens is 266 g/mol. The van der Waals surface area contributed by atoms with E-state index in [0.29, 0.717) is 18.2 Å². The molecule has 5 heteroatoms. The summed E-state index contributed by atoms with van der Waals surface area (Å²) < 4.78 is 11.7. The van der Waals surface area contributed by atoms with Crippen LogP contribution in [0.25, 0.3) is 0 Å². The summed E-state index contributed by atoms with van der Waals surface area (Å²) in [6.07, 6.45) is 3.05. The van der Waals surface area contributed by atoms with Crippen LogP contribution in [-0.4, -0.2) is 86.6 Å². The van der Waals surface area contributed by atoms with Crippen molar-refractivity contribution in [3.8, 4) is 0 Å². The maximum absolute atomic E-state index is 6.00. The van der Waals surface area contributed by atoms with Crippen molar-refractivity contribution in [1.29, 1.82) is 0 Å². The fourth-order valence-electron chi connectivity index (χ4n) is 3.29. The van der Waals surface area contributed by atoms with Gasteiger partial charge in [-0.1, -0.05) is 0 Å². The third kappa shape index (κ3) is 4.63. The number of nitrogens with one attached hydrogen (secondary N) is 1. The lowest BCUT2D eigenvalue weighted by Crippen LogP contribution is -2.56. The van der Waals surface area contributed by atoms with Gasteiger partial charge in [0.15, 0.2) is 0 Å². The molecular formula is C16H31N3O2. The average molecular weight is 297 g/mol. The van der Waals surface area contributed by atoms with Crippen molar-refractivity contribution in [2.24, 2.45) is 0 Å². The molecule has 1 saturated carbocycles. The molecule has 2 unspecified atom stereocenters. The van der Waals surface area contributed by atoms with E-state index in [4.69, 9.17) is 9.47 Å². The molecule has 1 aliphatic carbocycles. The molecule has 0 amide bonds. The molecule has 2 saturated heterocycles. The fraction of sp³-hybridized carbons (Fsp3) is 1.00. The summed E-state index contributed by atoms with van der Waals surface area (Å²) in [4.78, 5) is 5.11. The molecule has 5 nitrogen and oxygen atoms in total. The molecule has 3 aliphatic rings. The molecule has 3 fully saturated rings. The molecule has 0 bridgehead atoms. The SMILES string of the molecule is CC(C)N1CCOC(CN2CCOCC2CNC2CC2)C1. The summed E-state index contributed by atoms with van der Waals surface area (Å²) in [6.45, 7) is 12.4. The van der Waals surface area contributed by atoms with Gasteiger partial charge in [-0.05, 0) is 26.7 Å². The molecule has 2 aliphatic heterocycles. The monoisotopic (exact) mass is 297 g/mol. The molecule has 21 heavy (non-hydrogen) atoms. The van der Waals surface area contributed by atoms with Gasteiger partial charge >= 0.3 is 0 Å². The Labute approximate surface area is 128 Å². The van der Waals surface area contributed by atoms with Crippen LogP contribution in [0.4, 0.5) is 0 Å². The Morgan fingerprint density at radius 2 is 2.05 bits per heavy atom. The average Bonchev–Trinajstić information content (AvgIpc) is 3.31. The highest BCUT2D eigenvalue weighted by molar-refractivity contribution is 4.87. The van der Waals surface area contributed by atoms with Crippen LogP contribution in [0.3, 0.4) is 0 Å². The third-order valence-electron chi connectivity index (χ3n) is 4.91. The van der Waals surface area contributed by atoms with Crippen molar-refractivity contribution in [2.45, 2.75) is 50.9 Å². The van der Waals surface area contributed by atoms with Gasteiger partial charge in [0, 0.05) is 50.8 Å². The Balaban J connectivity index is 1.48. The van der Waals surface area contributed by atoms with E-state index in [1.807, 2.05) is 0 Å².